The highest BCUT2D eigenvalue weighted by Crippen LogP contribution is 2.33. The average Bonchev–Trinajstić information content (AvgIpc) is 2.94. The molecule has 3 rings (SSSR count). The number of rotatable bonds is 4. The fraction of sp³-hybridized carbons (Fsp3) is 0.625. The van der Waals surface area contributed by atoms with E-state index in [-0.39, 0.29) is 0 Å². The lowest BCUT2D eigenvalue weighted by Gasteiger charge is -2.27. The van der Waals surface area contributed by atoms with Gasteiger partial charge in [-0.3, -0.25) is 0 Å². The highest BCUT2D eigenvalue weighted by molar-refractivity contribution is 5.48. The predicted octanol–water partition coefficient (Wildman–Crippen LogP) is 1.63. The van der Waals surface area contributed by atoms with Crippen LogP contribution in [0.2, 0.25) is 0 Å². The summed E-state index contributed by atoms with van der Waals surface area (Å²) in [6, 6.07) is 4.60. The molecule has 0 unspecified atom stereocenters. The Balaban J connectivity index is 1.70. The molecule has 0 atom stereocenters. The third-order valence-corrected chi connectivity index (χ3v) is 4.42. The van der Waals surface area contributed by atoms with E-state index in [4.69, 9.17) is 4.74 Å². The topological polar surface area (TPSA) is 24.5 Å². The van der Waals surface area contributed by atoms with Gasteiger partial charge in [-0.15, -0.1) is 0 Å². The van der Waals surface area contributed by atoms with Crippen molar-refractivity contribution in [1.82, 2.24) is 10.2 Å². The van der Waals surface area contributed by atoms with Crippen LogP contribution in [0.5, 0.6) is 5.75 Å². The van der Waals surface area contributed by atoms with Gasteiger partial charge in [0.1, 0.15) is 5.75 Å². The van der Waals surface area contributed by atoms with E-state index in [0.717, 1.165) is 26.1 Å². The summed E-state index contributed by atoms with van der Waals surface area (Å²) in [5.41, 5.74) is 4.37. The zero-order chi connectivity index (χ0) is 13.1. The van der Waals surface area contributed by atoms with Gasteiger partial charge in [0.25, 0.3) is 0 Å². The number of hydrogen-bond donors (Lipinski definition) is 1. The third-order valence-electron chi connectivity index (χ3n) is 4.42. The van der Waals surface area contributed by atoms with Crippen molar-refractivity contribution in [2.24, 2.45) is 0 Å². The SMILES string of the molecule is COc1c(CCN2CCNCC2)ccc2c1CCC2. The number of hydrogen-bond acceptors (Lipinski definition) is 3. The van der Waals surface area contributed by atoms with E-state index in [2.05, 4.69) is 22.3 Å². The van der Waals surface area contributed by atoms with Crippen LogP contribution in [-0.2, 0) is 19.3 Å². The van der Waals surface area contributed by atoms with Gasteiger partial charge < -0.3 is 15.0 Å². The van der Waals surface area contributed by atoms with Crippen LogP contribution in [0.15, 0.2) is 12.1 Å². The van der Waals surface area contributed by atoms with Crippen LogP contribution in [0.4, 0.5) is 0 Å². The molecule has 0 spiro atoms. The summed E-state index contributed by atoms with van der Waals surface area (Å²) < 4.78 is 5.70. The van der Waals surface area contributed by atoms with E-state index in [0.29, 0.717) is 0 Å². The minimum absolute atomic E-state index is 1.11. The van der Waals surface area contributed by atoms with Gasteiger partial charge in [-0.2, -0.15) is 0 Å². The second kappa shape index (κ2) is 5.93. The Morgan fingerprint density at radius 2 is 2.05 bits per heavy atom. The monoisotopic (exact) mass is 260 g/mol. The molecule has 1 heterocycles. The first-order chi connectivity index (χ1) is 9.38. The molecule has 1 N–H and O–H groups in total. The first kappa shape index (κ1) is 12.9. The fourth-order valence-electron chi connectivity index (χ4n) is 3.35. The Hall–Kier alpha value is -1.06. The normalized spacial score (nSPS) is 19.4. The maximum Gasteiger partial charge on any atom is 0.125 e. The van der Waals surface area contributed by atoms with Crippen molar-refractivity contribution in [2.45, 2.75) is 25.7 Å². The fourth-order valence-corrected chi connectivity index (χ4v) is 3.35. The van der Waals surface area contributed by atoms with Crippen molar-refractivity contribution in [1.29, 1.82) is 0 Å². The molecule has 1 fully saturated rings. The molecule has 3 nitrogen and oxygen atoms in total. The molecule has 1 saturated heterocycles. The van der Waals surface area contributed by atoms with Crippen LogP contribution in [0.3, 0.4) is 0 Å². The molecule has 1 aromatic rings. The van der Waals surface area contributed by atoms with E-state index >= 15 is 0 Å². The number of nitrogens with zero attached hydrogens (tertiary/aromatic N) is 1. The Kier molecular flexibility index (Phi) is 4.04. The second-order valence-corrected chi connectivity index (χ2v) is 5.59. The van der Waals surface area contributed by atoms with E-state index in [1.165, 1.54) is 54.8 Å². The van der Waals surface area contributed by atoms with Gasteiger partial charge in [0.05, 0.1) is 7.11 Å². The van der Waals surface area contributed by atoms with Gasteiger partial charge in [-0.25, -0.2) is 0 Å². The van der Waals surface area contributed by atoms with Crippen LogP contribution < -0.4 is 10.1 Å². The lowest BCUT2D eigenvalue weighted by Crippen LogP contribution is -2.44. The number of benzene rings is 1. The molecule has 104 valence electrons. The van der Waals surface area contributed by atoms with Gasteiger partial charge in [0, 0.05) is 32.7 Å². The molecule has 0 radical (unpaired) electrons. The molecule has 0 aromatic heterocycles. The van der Waals surface area contributed by atoms with Gasteiger partial charge in [0.15, 0.2) is 0 Å². The summed E-state index contributed by atoms with van der Waals surface area (Å²) in [6.45, 7) is 5.75. The molecule has 2 aliphatic rings. The molecular formula is C16H24N2O. The van der Waals surface area contributed by atoms with Crippen molar-refractivity contribution >= 4 is 0 Å². The van der Waals surface area contributed by atoms with Gasteiger partial charge in [-0.1, -0.05) is 12.1 Å². The van der Waals surface area contributed by atoms with E-state index in [9.17, 15) is 0 Å². The molecule has 0 bridgehead atoms. The quantitative estimate of drug-likeness (QED) is 0.890. The third kappa shape index (κ3) is 2.77. The molecule has 1 aliphatic heterocycles. The highest BCUT2D eigenvalue weighted by atomic mass is 16.5. The summed E-state index contributed by atoms with van der Waals surface area (Å²) in [7, 11) is 1.82. The van der Waals surface area contributed by atoms with E-state index in [1.807, 2.05) is 7.11 Å². The number of nitrogens with one attached hydrogen (secondary N) is 1. The van der Waals surface area contributed by atoms with Crippen molar-refractivity contribution in [3.8, 4) is 5.75 Å². The minimum atomic E-state index is 1.11. The minimum Gasteiger partial charge on any atom is -0.496 e. The standard InChI is InChI=1S/C16H24N2O/c1-19-16-14(6-5-13-3-2-4-15(13)16)7-10-18-11-8-17-9-12-18/h5-6,17H,2-4,7-12H2,1H3. The molecule has 1 aliphatic carbocycles. The lowest BCUT2D eigenvalue weighted by molar-refractivity contribution is 0.243. The number of fused-ring (bicyclic) bond motifs is 1. The van der Waals surface area contributed by atoms with Crippen LogP contribution >= 0.6 is 0 Å². The van der Waals surface area contributed by atoms with Gasteiger partial charge in [0.2, 0.25) is 0 Å². The Morgan fingerprint density at radius 1 is 1.21 bits per heavy atom. The maximum absolute atomic E-state index is 5.70. The maximum atomic E-state index is 5.70. The van der Waals surface area contributed by atoms with Crippen molar-refractivity contribution < 1.29 is 4.74 Å². The molecular weight excluding hydrogens is 236 g/mol. The molecule has 1 aromatic carbocycles. The summed E-state index contributed by atoms with van der Waals surface area (Å²) in [5, 5.41) is 3.40. The zero-order valence-corrected chi connectivity index (χ0v) is 11.9. The zero-order valence-electron chi connectivity index (χ0n) is 11.9. The number of ether oxygens (including phenoxy) is 1. The summed E-state index contributed by atoms with van der Waals surface area (Å²) >= 11 is 0. The predicted molar refractivity (Wildman–Crippen MR) is 78.0 cm³/mol. The van der Waals surface area contributed by atoms with Crippen LogP contribution in [0, 0.1) is 0 Å². The van der Waals surface area contributed by atoms with Crippen LogP contribution in [-0.4, -0.2) is 44.7 Å². The number of piperazine rings is 1. The van der Waals surface area contributed by atoms with E-state index in [1.54, 1.807) is 0 Å². The van der Waals surface area contributed by atoms with Crippen molar-refractivity contribution in [3.05, 3.63) is 28.8 Å². The smallest absolute Gasteiger partial charge is 0.125 e. The molecule has 3 heteroatoms. The summed E-state index contributed by atoms with van der Waals surface area (Å²) in [4.78, 5) is 2.54. The molecule has 19 heavy (non-hydrogen) atoms. The second-order valence-electron chi connectivity index (χ2n) is 5.59. The largest absolute Gasteiger partial charge is 0.496 e. The van der Waals surface area contributed by atoms with E-state index < -0.39 is 0 Å². The summed E-state index contributed by atoms with van der Waals surface area (Å²) in [6.07, 6.45) is 4.81. The first-order valence-corrected chi connectivity index (χ1v) is 7.49. The molecule has 0 amide bonds. The van der Waals surface area contributed by atoms with Gasteiger partial charge >= 0.3 is 0 Å². The van der Waals surface area contributed by atoms with Gasteiger partial charge in [-0.05, 0) is 42.4 Å². The van der Waals surface area contributed by atoms with Crippen LogP contribution in [0.1, 0.15) is 23.1 Å². The Labute approximate surface area is 115 Å². The Morgan fingerprint density at radius 3 is 2.84 bits per heavy atom. The van der Waals surface area contributed by atoms with Crippen molar-refractivity contribution in [3.63, 3.8) is 0 Å². The summed E-state index contributed by atoms with van der Waals surface area (Å²) in [5.74, 6) is 1.17. The number of methoxy groups -OCH3 is 1. The Bertz CT molecular complexity index is 439. The van der Waals surface area contributed by atoms with Crippen molar-refractivity contribution in [2.75, 3.05) is 39.8 Å². The first-order valence-electron chi connectivity index (χ1n) is 7.49. The lowest BCUT2D eigenvalue weighted by atomic mass is 10.0. The molecule has 0 saturated carbocycles. The highest BCUT2D eigenvalue weighted by Gasteiger charge is 2.19. The van der Waals surface area contributed by atoms with Crippen LogP contribution in [0.25, 0.3) is 0 Å². The number of aryl methyl sites for hydroxylation is 1. The average molecular weight is 260 g/mol.